The minimum absolute atomic E-state index is 0.00288. The lowest BCUT2D eigenvalue weighted by Crippen LogP contribution is -2.50. The van der Waals surface area contributed by atoms with Gasteiger partial charge in [0.1, 0.15) is 0 Å². The monoisotopic (exact) mass is 371 g/mol. The molecule has 4 nitrogen and oxygen atoms in total. The van der Waals surface area contributed by atoms with Gasteiger partial charge >= 0.3 is 6.03 Å². The Bertz CT molecular complexity index is 749. The first kappa shape index (κ1) is 18.7. The molecule has 0 spiro atoms. The number of para-hydroxylation sites is 1. The maximum atomic E-state index is 12.6. The summed E-state index contributed by atoms with van der Waals surface area (Å²) in [5, 5.41) is 3.87. The van der Waals surface area contributed by atoms with Gasteiger partial charge in [-0.05, 0) is 49.1 Å². The molecule has 0 radical (unpaired) electrons. The van der Waals surface area contributed by atoms with E-state index in [4.69, 9.17) is 11.6 Å². The highest BCUT2D eigenvalue weighted by molar-refractivity contribution is 6.30. The first-order valence-corrected chi connectivity index (χ1v) is 9.49. The van der Waals surface area contributed by atoms with Crippen LogP contribution in [0.25, 0.3) is 0 Å². The van der Waals surface area contributed by atoms with Crippen molar-refractivity contribution in [2.75, 3.05) is 38.0 Å². The molecule has 2 aromatic rings. The molecule has 2 aromatic carbocycles. The number of amides is 2. The van der Waals surface area contributed by atoms with Crippen LogP contribution in [0.15, 0.2) is 42.5 Å². The Morgan fingerprint density at radius 3 is 2.35 bits per heavy atom. The van der Waals surface area contributed by atoms with E-state index in [2.05, 4.69) is 16.3 Å². The standard InChI is InChI=1S/C21H26ClN3O/c1-16-5-3-6-17(2)20(16)23-21(26)25-13-11-24(12-14-25)10-9-18-7-4-8-19(22)15-18/h3-8,15H,9-14H2,1-2H3,(H,23,26). The third kappa shape index (κ3) is 4.77. The summed E-state index contributed by atoms with van der Waals surface area (Å²) >= 11 is 6.04. The van der Waals surface area contributed by atoms with Gasteiger partial charge in [0.2, 0.25) is 0 Å². The van der Waals surface area contributed by atoms with Crippen LogP contribution in [0.1, 0.15) is 16.7 Å². The van der Waals surface area contributed by atoms with Gasteiger partial charge in [-0.15, -0.1) is 0 Å². The fourth-order valence-electron chi connectivity index (χ4n) is 3.35. The Balaban J connectivity index is 1.48. The highest BCUT2D eigenvalue weighted by Crippen LogP contribution is 2.20. The summed E-state index contributed by atoms with van der Waals surface area (Å²) in [5.74, 6) is 0. The van der Waals surface area contributed by atoms with E-state index in [0.717, 1.165) is 61.0 Å². The number of nitrogens with one attached hydrogen (secondary N) is 1. The van der Waals surface area contributed by atoms with Crippen molar-refractivity contribution in [2.45, 2.75) is 20.3 Å². The lowest BCUT2D eigenvalue weighted by atomic mass is 10.1. The van der Waals surface area contributed by atoms with Crippen LogP contribution in [0.4, 0.5) is 10.5 Å². The predicted molar refractivity (Wildman–Crippen MR) is 108 cm³/mol. The SMILES string of the molecule is Cc1cccc(C)c1NC(=O)N1CCN(CCc2cccc(Cl)c2)CC1. The first-order valence-electron chi connectivity index (χ1n) is 9.12. The van der Waals surface area contributed by atoms with E-state index in [1.807, 2.05) is 55.1 Å². The number of urea groups is 1. The zero-order valence-electron chi connectivity index (χ0n) is 15.5. The number of benzene rings is 2. The van der Waals surface area contributed by atoms with E-state index in [0.29, 0.717) is 0 Å². The second-order valence-corrected chi connectivity index (χ2v) is 7.34. The molecule has 1 N–H and O–H groups in total. The van der Waals surface area contributed by atoms with Gasteiger partial charge in [-0.3, -0.25) is 4.90 Å². The zero-order chi connectivity index (χ0) is 18.5. The Hall–Kier alpha value is -2.04. The van der Waals surface area contributed by atoms with E-state index >= 15 is 0 Å². The highest BCUT2D eigenvalue weighted by atomic mass is 35.5. The van der Waals surface area contributed by atoms with Crippen molar-refractivity contribution in [1.82, 2.24) is 9.80 Å². The zero-order valence-corrected chi connectivity index (χ0v) is 16.2. The minimum Gasteiger partial charge on any atom is -0.322 e. The Morgan fingerprint density at radius 1 is 1.04 bits per heavy atom. The van der Waals surface area contributed by atoms with Crippen molar-refractivity contribution >= 4 is 23.3 Å². The second kappa shape index (κ2) is 8.56. The molecule has 0 aromatic heterocycles. The van der Waals surface area contributed by atoms with E-state index in [9.17, 15) is 4.79 Å². The van der Waals surface area contributed by atoms with E-state index in [-0.39, 0.29) is 6.03 Å². The topological polar surface area (TPSA) is 35.6 Å². The van der Waals surface area contributed by atoms with Crippen molar-refractivity contribution in [2.24, 2.45) is 0 Å². The smallest absolute Gasteiger partial charge is 0.321 e. The largest absolute Gasteiger partial charge is 0.322 e. The van der Waals surface area contributed by atoms with Gasteiger partial charge in [0.15, 0.2) is 0 Å². The maximum Gasteiger partial charge on any atom is 0.321 e. The second-order valence-electron chi connectivity index (χ2n) is 6.91. The van der Waals surface area contributed by atoms with Gasteiger partial charge in [-0.2, -0.15) is 0 Å². The molecule has 3 rings (SSSR count). The number of rotatable bonds is 4. The molecule has 1 aliphatic rings. The fraction of sp³-hybridized carbons (Fsp3) is 0.381. The van der Waals surface area contributed by atoms with Crippen LogP contribution >= 0.6 is 11.6 Å². The average Bonchev–Trinajstić information content (AvgIpc) is 2.63. The number of halogens is 1. The molecule has 26 heavy (non-hydrogen) atoms. The molecule has 5 heteroatoms. The number of carbonyl (C=O) groups excluding carboxylic acids is 1. The molecule has 1 saturated heterocycles. The number of nitrogens with zero attached hydrogens (tertiary/aromatic N) is 2. The normalized spacial score (nSPS) is 15.1. The molecular weight excluding hydrogens is 346 g/mol. The van der Waals surface area contributed by atoms with Crippen LogP contribution in [-0.4, -0.2) is 48.6 Å². The maximum absolute atomic E-state index is 12.6. The Kier molecular flexibility index (Phi) is 6.17. The highest BCUT2D eigenvalue weighted by Gasteiger charge is 2.21. The lowest BCUT2D eigenvalue weighted by Gasteiger charge is -2.35. The van der Waals surface area contributed by atoms with Gasteiger partial charge in [0, 0.05) is 43.4 Å². The minimum atomic E-state index is -0.00288. The van der Waals surface area contributed by atoms with Gasteiger partial charge in [0.05, 0.1) is 0 Å². The Morgan fingerprint density at radius 2 is 1.69 bits per heavy atom. The molecule has 1 heterocycles. The van der Waals surface area contributed by atoms with Crippen molar-refractivity contribution < 1.29 is 4.79 Å². The lowest BCUT2D eigenvalue weighted by molar-refractivity contribution is 0.148. The number of anilines is 1. The molecule has 0 bridgehead atoms. The molecule has 1 fully saturated rings. The summed E-state index contributed by atoms with van der Waals surface area (Å²) in [5.41, 5.74) is 4.38. The summed E-state index contributed by atoms with van der Waals surface area (Å²) in [6.07, 6.45) is 0.981. The quantitative estimate of drug-likeness (QED) is 0.867. The van der Waals surface area contributed by atoms with Crippen molar-refractivity contribution in [3.8, 4) is 0 Å². The van der Waals surface area contributed by atoms with Crippen LogP contribution in [0.2, 0.25) is 5.02 Å². The molecular formula is C21H26ClN3O. The molecule has 0 unspecified atom stereocenters. The van der Waals surface area contributed by atoms with Crippen LogP contribution in [-0.2, 0) is 6.42 Å². The van der Waals surface area contributed by atoms with Crippen LogP contribution in [0.5, 0.6) is 0 Å². The molecule has 0 atom stereocenters. The van der Waals surface area contributed by atoms with Crippen molar-refractivity contribution in [3.63, 3.8) is 0 Å². The van der Waals surface area contributed by atoms with Crippen LogP contribution in [0, 0.1) is 13.8 Å². The van der Waals surface area contributed by atoms with Crippen molar-refractivity contribution in [1.29, 1.82) is 0 Å². The molecule has 2 amide bonds. The van der Waals surface area contributed by atoms with E-state index in [1.54, 1.807) is 0 Å². The van der Waals surface area contributed by atoms with Crippen molar-refractivity contribution in [3.05, 3.63) is 64.2 Å². The fourth-order valence-corrected chi connectivity index (χ4v) is 3.56. The van der Waals surface area contributed by atoms with Crippen LogP contribution in [0.3, 0.4) is 0 Å². The predicted octanol–water partition coefficient (Wildman–Crippen LogP) is 4.35. The Labute approximate surface area is 160 Å². The molecule has 0 saturated carbocycles. The summed E-state index contributed by atoms with van der Waals surface area (Å²) in [4.78, 5) is 16.9. The van der Waals surface area contributed by atoms with Crippen LogP contribution < -0.4 is 5.32 Å². The third-order valence-electron chi connectivity index (χ3n) is 4.98. The first-order chi connectivity index (χ1) is 12.5. The summed E-state index contributed by atoms with van der Waals surface area (Å²) in [6.45, 7) is 8.36. The van der Waals surface area contributed by atoms with Gasteiger partial charge in [-0.1, -0.05) is 41.9 Å². The number of piperazine rings is 1. The number of aryl methyl sites for hydroxylation is 2. The average molecular weight is 372 g/mol. The summed E-state index contributed by atoms with van der Waals surface area (Å²) in [7, 11) is 0. The molecule has 1 aliphatic heterocycles. The van der Waals surface area contributed by atoms with Gasteiger partial charge < -0.3 is 10.2 Å². The van der Waals surface area contributed by atoms with Gasteiger partial charge in [0.25, 0.3) is 0 Å². The summed E-state index contributed by atoms with van der Waals surface area (Å²) < 4.78 is 0. The molecule has 138 valence electrons. The van der Waals surface area contributed by atoms with Gasteiger partial charge in [-0.25, -0.2) is 4.79 Å². The number of carbonyl (C=O) groups is 1. The number of hydrogen-bond donors (Lipinski definition) is 1. The molecule has 0 aliphatic carbocycles. The van der Waals surface area contributed by atoms with E-state index < -0.39 is 0 Å². The summed E-state index contributed by atoms with van der Waals surface area (Å²) in [6, 6.07) is 14.1. The number of hydrogen-bond acceptors (Lipinski definition) is 2. The van der Waals surface area contributed by atoms with E-state index in [1.165, 1.54) is 5.56 Å². The third-order valence-corrected chi connectivity index (χ3v) is 5.21.